The first-order valence-corrected chi connectivity index (χ1v) is 8.97. The first-order valence-electron chi connectivity index (χ1n) is 8.97. The number of hydrogen-bond donors (Lipinski definition) is 1. The Morgan fingerprint density at radius 3 is 2.52 bits per heavy atom. The molecule has 0 aliphatic rings. The Labute approximate surface area is 177 Å². The van der Waals surface area contributed by atoms with Gasteiger partial charge in [-0.25, -0.2) is 0 Å². The van der Waals surface area contributed by atoms with Gasteiger partial charge in [-0.15, -0.1) is 0 Å². The van der Waals surface area contributed by atoms with Crippen LogP contribution in [0.25, 0.3) is 0 Å². The van der Waals surface area contributed by atoms with Gasteiger partial charge in [-0.3, -0.25) is 10.3 Å². The van der Waals surface area contributed by atoms with Crippen LogP contribution in [0.3, 0.4) is 0 Å². The molecule has 2 aromatic carbocycles. The molecule has 0 unspecified atom stereocenters. The van der Waals surface area contributed by atoms with Crippen molar-refractivity contribution in [1.82, 2.24) is 5.32 Å². The summed E-state index contributed by atoms with van der Waals surface area (Å²) in [5.74, 6) is 0.195. The third-order valence-corrected chi connectivity index (χ3v) is 4.11. The predicted octanol–water partition coefficient (Wildman–Crippen LogP) is 4.10. The first kappa shape index (κ1) is 23.4. The van der Waals surface area contributed by atoms with E-state index in [0.29, 0.717) is 16.7 Å². The predicted molar refractivity (Wildman–Crippen MR) is 111 cm³/mol. The van der Waals surface area contributed by atoms with Crippen LogP contribution in [0, 0.1) is 11.5 Å². The summed E-state index contributed by atoms with van der Waals surface area (Å²) in [4.78, 5) is 14.3. The van der Waals surface area contributed by atoms with Crippen LogP contribution in [0.4, 0.5) is 13.2 Å². The zero-order valence-electron chi connectivity index (χ0n) is 17.1. The third-order valence-electron chi connectivity index (χ3n) is 4.11. The van der Waals surface area contributed by atoms with E-state index >= 15 is 0 Å². The molecule has 0 saturated carbocycles. The Morgan fingerprint density at radius 1 is 1.13 bits per heavy atom. The summed E-state index contributed by atoms with van der Waals surface area (Å²) in [6, 6.07) is 11.9. The Hall–Kier alpha value is -3.87. The summed E-state index contributed by atoms with van der Waals surface area (Å²) >= 11 is 0. The molecule has 1 N–H and O–H groups in total. The van der Waals surface area contributed by atoms with Gasteiger partial charge in [0.25, 0.3) is 0 Å². The summed E-state index contributed by atoms with van der Waals surface area (Å²) in [7, 11) is 2.86. The topological polar surface area (TPSA) is 91.4 Å². The van der Waals surface area contributed by atoms with Crippen molar-refractivity contribution in [2.75, 3.05) is 14.2 Å². The van der Waals surface area contributed by atoms with Crippen LogP contribution in [0.15, 0.2) is 63.8 Å². The highest BCUT2D eigenvalue weighted by molar-refractivity contribution is 6.48. The lowest BCUT2D eigenvalue weighted by Crippen LogP contribution is -2.29. The Morgan fingerprint density at radius 2 is 1.87 bits per heavy atom. The van der Waals surface area contributed by atoms with E-state index in [0.717, 1.165) is 12.1 Å². The highest BCUT2D eigenvalue weighted by Crippen LogP contribution is 2.29. The number of nitrogens with one attached hydrogen (secondary N) is 1. The lowest BCUT2D eigenvalue weighted by atomic mass is 10.0. The second kappa shape index (κ2) is 10.8. The maximum atomic E-state index is 12.9. The van der Waals surface area contributed by atoms with E-state index in [4.69, 9.17) is 14.9 Å². The summed E-state index contributed by atoms with van der Waals surface area (Å²) in [5.41, 5.74) is 1.34. The Balaban J connectivity index is 2.26. The number of hydrogen-bond acceptors (Lipinski definition) is 6. The molecule has 0 aliphatic carbocycles. The number of aliphatic imine (C=N–C) groups is 1. The first-order chi connectivity index (χ1) is 14.8. The molecule has 0 aliphatic heterocycles. The SMILES string of the molecule is CN=C(NC#N)C(=NOC)c1ccccc1CON=C(C)c1cccc(C(F)(F)F)c1. The van der Waals surface area contributed by atoms with Gasteiger partial charge in [0.2, 0.25) is 0 Å². The van der Waals surface area contributed by atoms with Crippen LogP contribution >= 0.6 is 0 Å². The van der Waals surface area contributed by atoms with E-state index in [1.807, 2.05) is 0 Å². The number of amidine groups is 1. The molecule has 0 heterocycles. The van der Waals surface area contributed by atoms with E-state index in [2.05, 4.69) is 20.6 Å². The smallest absolute Gasteiger partial charge is 0.399 e. The quantitative estimate of drug-likeness (QED) is 0.235. The molecule has 10 heteroatoms. The number of nitrogens with zero attached hydrogens (tertiary/aromatic N) is 4. The van der Waals surface area contributed by atoms with Crippen LogP contribution in [0.2, 0.25) is 0 Å². The molecular formula is C21H20F3N5O2. The Bertz CT molecular complexity index is 1040. The lowest BCUT2D eigenvalue weighted by Gasteiger charge is -2.12. The molecule has 0 aromatic heterocycles. The van der Waals surface area contributed by atoms with Gasteiger partial charge in [0.1, 0.15) is 13.7 Å². The standard InChI is InChI=1S/C21H20F3N5O2/c1-14(15-8-6-9-17(11-15)21(22,23)24)28-31-12-16-7-4-5-10-18(16)19(29-30-3)20(26-2)27-13-25/h4-11H,12H2,1-3H3,(H,26,27). The number of oxime groups is 2. The molecule has 0 bridgehead atoms. The molecule has 0 atom stereocenters. The van der Waals surface area contributed by atoms with Gasteiger partial charge >= 0.3 is 6.18 Å². The van der Waals surface area contributed by atoms with E-state index in [9.17, 15) is 13.2 Å². The molecule has 0 fully saturated rings. The molecule has 31 heavy (non-hydrogen) atoms. The minimum Gasteiger partial charge on any atom is -0.399 e. The molecule has 162 valence electrons. The molecule has 0 saturated heterocycles. The third kappa shape index (κ3) is 6.30. The largest absolute Gasteiger partial charge is 0.416 e. The summed E-state index contributed by atoms with van der Waals surface area (Å²) in [6.45, 7) is 1.55. The zero-order valence-corrected chi connectivity index (χ0v) is 17.1. The van der Waals surface area contributed by atoms with Gasteiger partial charge in [-0.1, -0.05) is 46.7 Å². The number of benzene rings is 2. The molecule has 7 nitrogen and oxygen atoms in total. The molecule has 2 rings (SSSR count). The van der Waals surface area contributed by atoms with Gasteiger partial charge in [-0.2, -0.15) is 18.4 Å². The van der Waals surface area contributed by atoms with Crippen LogP contribution in [0.1, 0.15) is 29.2 Å². The van der Waals surface area contributed by atoms with Crippen molar-refractivity contribution in [2.45, 2.75) is 19.7 Å². The lowest BCUT2D eigenvalue weighted by molar-refractivity contribution is -0.137. The zero-order chi connectivity index (χ0) is 22.9. The van der Waals surface area contributed by atoms with Gasteiger partial charge in [-0.05, 0) is 24.6 Å². The second-order valence-electron chi connectivity index (χ2n) is 6.12. The van der Waals surface area contributed by atoms with E-state index in [1.54, 1.807) is 37.4 Å². The van der Waals surface area contributed by atoms with Crippen molar-refractivity contribution >= 4 is 17.3 Å². The van der Waals surface area contributed by atoms with Crippen molar-refractivity contribution < 1.29 is 22.8 Å². The molecule has 0 amide bonds. The van der Waals surface area contributed by atoms with Crippen LogP contribution in [-0.4, -0.2) is 31.4 Å². The number of rotatable bonds is 7. The number of nitriles is 1. The van der Waals surface area contributed by atoms with Crippen molar-refractivity contribution in [1.29, 1.82) is 5.26 Å². The van der Waals surface area contributed by atoms with E-state index in [1.165, 1.54) is 26.3 Å². The molecular weight excluding hydrogens is 411 g/mol. The minimum atomic E-state index is -4.44. The highest BCUT2D eigenvalue weighted by Gasteiger charge is 2.30. The normalized spacial score (nSPS) is 12.9. The fourth-order valence-corrected chi connectivity index (χ4v) is 2.63. The van der Waals surface area contributed by atoms with Crippen molar-refractivity contribution in [3.05, 3.63) is 70.8 Å². The van der Waals surface area contributed by atoms with Gasteiger partial charge in [0, 0.05) is 18.2 Å². The maximum absolute atomic E-state index is 12.9. The number of halogens is 3. The van der Waals surface area contributed by atoms with Crippen molar-refractivity contribution in [3.8, 4) is 6.19 Å². The molecule has 0 radical (unpaired) electrons. The highest BCUT2D eigenvalue weighted by atomic mass is 19.4. The van der Waals surface area contributed by atoms with Crippen LogP contribution in [-0.2, 0) is 22.5 Å². The second-order valence-corrected chi connectivity index (χ2v) is 6.12. The fourth-order valence-electron chi connectivity index (χ4n) is 2.63. The average molecular weight is 431 g/mol. The molecule has 0 spiro atoms. The average Bonchev–Trinajstić information content (AvgIpc) is 2.76. The monoisotopic (exact) mass is 431 g/mol. The van der Waals surface area contributed by atoms with Crippen molar-refractivity contribution in [2.24, 2.45) is 15.3 Å². The summed E-state index contributed by atoms with van der Waals surface area (Å²) in [5, 5.41) is 19.3. The van der Waals surface area contributed by atoms with Gasteiger partial charge in [0.15, 0.2) is 17.7 Å². The summed E-state index contributed by atoms with van der Waals surface area (Å²) in [6.07, 6.45) is -2.65. The van der Waals surface area contributed by atoms with Crippen molar-refractivity contribution in [3.63, 3.8) is 0 Å². The maximum Gasteiger partial charge on any atom is 0.416 e. The van der Waals surface area contributed by atoms with Crippen LogP contribution < -0.4 is 5.32 Å². The fraction of sp³-hybridized carbons (Fsp3) is 0.238. The van der Waals surface area contributed by atoms with Gasteiger partial charge in [0.05, 0.1) is 11.3 Å². The Kier molecular flexibility index (Phi) is 8.14. The number of alkyl halides is 3. The van der Waals surface area contributed by atoms with Crippen LogP contribution in [0.5, 0.6) is 0 Å². The van der Waals surface area contributed by atoms with E-state index in [-0.39, 0.29) is 23.9 Å². The van der Waals surface area contributed by atoms with E-state index < -0.39 is 11.7 Å². The summed E-state index contributed by atoms with van der Waals surface area (Å²) < 4.78 is 38.7. The molecule has 2 aromatic rings. The minimum absolute atomic E-state index is 0.00123. The van der Waals surface area contributed by atoms with Gasteiger partial charge < -0.3 is 9.68 Å².